The number of benzene rings is 3. The standard InChI is InChI=1S/C32H32N4O4/c1-2-39-32(38)27-14-12-25(13-15-27)30-17-16-29(40-30)22-33-34-31(37)26-10-8-24(9-11-26)23-35-18-20-36(21-19-35)28-6-4-3-5-7-28/h3-17,22H,2,18-21,23H2,1H3,(H,34,37)/b33-22+. The van der Waals surface area contributed by atoms with E-state index in [0.717, 1.165) is 38.3 Å². The Morgan fingerprint density at radius 2 is 1.57 bits per heavy atom. The summed E-state index contributed by atoms with van der Waals surface area (Å²) in [5, 5.41) is 4.04. The first kappa shape index (κ1) is 26.9. The van der Waals surface area contributed by atoms with E-state index in [1.54, 1.807) is 37.3 Å². The Labute approximate surface area is 233 Å². The van der Waals surface area contributed by atoms with Gasteiger partial charge in [0.05, 0.1) is 18.4 Å². The number of hydrazone groups is 1. The van der Waals surface area contributed by atoms with Gasteiger partial charge in [0, 0.05) is 49.5 Å². The van der Waals surface area contributed by atoms with Crippen molar-refractivity contribution in [2.45, 2.75) is 13.5 Å². The Morgan fingerprint density at radius 1 is 0.875 bits per heavy atom. The maximum atomic E-state index is 12.6. The van der Waals surface area contributed by atoms with Crippen molar-refractivity contribution in [2.24, 2.45) is 5.10 Å². The molecule has 0 radical (unpaired) electrons. The molecule has 1 fully saturated rings. The predicted molar refractivity (Wildman–Crippen MR) is 156 cm³/mol. The maximum Gasteiger partial charge on any atom is 0.338 e. The number of amides is 1. The highest BCUT2D eigenvalue weighted by Gasteiger charge is 2.17. The number of hydrogen-bond acceptors (Lipinski definition) is 7. The average molecular weight is 537 g/mol. The van der Waals surface area contributed by atoms with E-state index in [1.165, 1.54) is 17.5 Å². The van der Waals surface area contributed by atoms with Crippen LogP contribution in [0.4, 0.5) is 5.69 Å². The summed E-state index contributed by atoms with van der Waals surface area (Å²) in [6, 6.07) is 28.7. The van der Waals surface area contributed by atoms with Gasteiger partial charge < -0.3 is 14.1 Å². The molecule has 8 heteroatoms. The number of ether oxygens (including phenoxy) is 1. The summed E-state index contributed by atoms with van der Waals surface area (Å²) >= 11 is 0. The second-order valence-electron chi connectivity index (χ2n) is 9.49. The normalized spacial score (nSPS) is 13.9. The fourth-order valence-corrected chi connectivity index (χ4v) is 4.60. The zero-order valence-electron chi connectivity index (χ0n) is 22.5. The van der Waals surface area contributed by atoms with Crippen LogP contribution < -0.4 is 10.3 Å². The molecular weight excluding hydrogens is 504 g/mol. The van der Waals surface area contributed by atoms with Gasteiger partial charge >= 0.3 is 5.97 Å². The van der Waals surface area contributed by atoms with Crippen molar-refractivity contribution in [3.8, 4) is 11.3 Å². The topological polar surface area (TPSA) is 87.4 Å². The number of piperazine rings is 1. The van der Waals surface area contributed by atoms with Gasteiger partial charge in [-0.15, -0.1) is 0 Å². The van der Waals surface area contributed by atoms with Crippen LogP contribution >= 0.6 is 0 Å². The Balaban J connectivity index is 1.09. The van der Waals surface area contributed by atoms with E-state index in [1.807, 2.05) is 36.4 Å². The Kier molecular flexibility index (Phi) is 8.68. The second kappa shape index (κ2) is 12.9. The van der Waals surface area contributed by atoms with E-state index in [2.05, 4.69) is 44.6 Å². The number of nitrogens with zero attached hydrogens (tertiary/aromatic N) is 3. The molecule has 3 aromatic carbocycles. The quantitative estimate of drug-likeness (QED) is 0.180. The van der Waals surface area contributed by atoms with Crippen molar-refractivity contribution in [3.63, 3.8) is 0 Å². The highest BCUT2D eigenvalue weighted by molar-refractivity contribution is 5.94. The number of rotatable bonds is 9. The molecule has 0 saturated carbocycles. The van der Waals surface area contributed by atoms with Gasteiger partial charge in [-0.2, -0.15) is 5.10 Å². The fraction of sp³-hybridized carbons (Fsp3) is 0.219. The lowest BCUT2D eigenvalue weighted by atomic mass is 10.1. The summed E-state index contributed by atoms with van der Waals surface area (Å²) in [5.41, 5.74) is 6.83. The molecule has 40 heavy (non-hydrogen) atoms. The number of esters is 1. The monoisotopic (exact) mass is 536 g/mol. The molecule has 8 nitrogen and oxygen atoms in total. The van der Waals surface area contributed by atoms with Crippen molar-refractivity contribution in [1.29, 1.82) is 0 Å². The summed E-state index contributed by atoms with van der Waals surface area (Å²) in [5.74, 6) is 0.470. The molecule has 0 aliphatic carbocycles. The number of nitrogens with one attached hydrogen (secondary N) is 1. The van der Waals surface area contributed by atoms with Gasteiger partial charge in [-0.1, -0.05) is 42.5 Å². The molecule has 2 heterocycles. The van der Waals surface area contributed by atoms with Crippen LogP contribution in [0.5, 0.6) is 0 Å². The lowest BCUT2D eigenvalue weighted by Crippen LogP contribution is -2.45. The zero-order valence-corrected chi connectivity index (χ0v) is 22.5. The first-order chi connectivity index (χ1) is 19.6. The van der Waals surface area contributed by atoms with E-state index in [4.69, 9.17) is 9.15 Å². The second-order valence-corrected chi connectivity index (χ2v) is 9.49. The van der Waals surface area contributed by atoms with E-state index in [9.17, 15) is 9.59 Å². The van der Waals surface area contributed by atoms with Crippen LogP contribution in [-0.2, 0) is 11.3 Å². The molecule has 1 saturated heterocycles. The third-order valence-corrected chi connectivity index (χ3v) is 6.78. The van der Waals surface area contributed by atoms with Crippen molar-refractivity contribution in [3.05, 3.63) is 113 Å². The molecule has 0 spiro atoms. The molecule has 4 aromatic rings. The van der Waals surface area contributed by atoms with Gasteiger partial charge in [0.25, 0.3) is 5.91 Å². The highest BCUT2D eigenvalue weighted by Crippen LogP contribution is 2.22. The third-order valence-electron chi connectivity index (χ3n) is 6.78. The molecule has 5 rings (SSSR count). The molecule has 204 valence electrons. The zero-order chi connectivity index (χ0) is 27.7. The summed E-state index contributed by atoms with van der Waals surface area (Å²) in [7, 11) is 0. The van der Waals surface area contributed by atoms with E-state index in [0.29, 0.717) is 29.3 Å². The van der Waals surface area contributed by atoms with Crippen molar-refractivity contribution in [2.75, 3.05) is 37.7 Å². The molecule has 1 N–H and O–H groups in total. The van der Waals surface area contributed by atoms with E-state index in [-0.39, 0.29) is 11.9 Å². The van der Waals surface area contributed by atoms with Crippen LogP contribution in [0, 0.1) is 0 Å². The lowest BCUT2D eigenvalue weighted by Gasteiger charge is -2.36. The molecule has 1 amide bonds. The smallest absolute Gasteiger partial charge is 0.338 e. The minimum Gasteiger partial charge on any atom is -0.462 e. The van der Waals surface area contributed by atoms with Crippen LogP contribution in [0.2, 0.25) is 0 Å². The minimum atomic E-state index is -0.357. The Morgan fingerprint density at radius 3 is 2.27 bits per heavy atom. The van der Waals surface area contributed by atoms with Gasteiger partial charge in [0.1, 0.15) is 11.5 Å². The molecule has 0 atom stereocenters. The highest BCUT2D eigenvalue weighted by atomic mass is 16.5. The van der Waals surface area contributed by atoms with Crippen LogP contribution in [0.15, 0.2) is 101 Å². The molecule has 0 bridgehead atoms. The molecule has 1 aromatic heterocycles. The number of carbonyl (C=O) groups excluding carboxylic acids is 2. The largest absolute Gasteiger partial charge is 0.462 e. The number of hydrogen-bond donors (Lipinski definition) is 1. The van der Waals surface area contributed by atoms with Gasteiger partial charge in [-0.25, -0.2) is 10.2 Å². The van der Waals surface area contributed by atoms with Gasteiger partial charge in [-0.3, -0.25) is 9.69 Å². The van der Waals surface area contributed by atoms with Gasteiger partial charge in [-0.05, 0) is 61.0 Å². The van der Waals surface area contributed by atoms with Gasteiger partial charge in [0.2, 0.25) is 0 Å². The minimum absolute atomic E-state index is 0.291. The lowest BCUT2D eigenvalue weighted by molar-refractivity contribution is 0.0526. The molecule has 1 aliphatic heterocycles. The first-order valence-corrected chi connectivity index (χ1v) is 13.4. The van der Waals surface area contributed by atoms with Crippen molar-refractivity contribution < 1.29 is 18.7 Å². The van der Waals surface area contributed by atoms with Crippen LogP contribution in [-0.4, -0.2) is 55.8 Å². The molecule has 0 unspecified atom stereocenters. The summed E-state index contributed by atoms with van der Waals surface area (Å²) in [6.07, 6.45) is 1.46. The summed E-state index contributed by atoms with van der Waals surface area (Å²) in [4.78, 5) is 29.2. The predicted octanol–water partition coefficient (Wildman–Crippen LogP) is 5.21. The van der Waals surface area contributed by atoms with Crippen LogP contribution in [0.3, 0.4) is 0 Å². The van der Waals surface area contributed by atoms with Crippen LogP contribution in [0.25, 0.3) is 11.3 Å². The van der Waals surface area contributed by atoms with E-state index >= 15 is 0 Å². The fourth-order valence-electron chi connectivity index (χ4n) is 4.60. The molecule has 1 aliphatic rings. The number of furan rings is 1. The third kappa shape index (κ3) is 6.84. The summed E-state index contributed by atoms with van der Waals surface area (Å²) in [6.45, 7) is 6.96. The van der Waals surface area contributed by atoms with Gasteiger partial charge in [0.15, 0.2) is 0 Å². The Bertz CT molecular complexity index is 1440. The van der Waals surface area contributed by atoms with E-state index < -0.39 is 0 Å². The number of para-hydroxylation sites is 1. The molecular formula is C32H32N4O4. The van der Waals surface area contributed by atoms with Crippen LogP contribution in [0.1, 0.15) is 39.0 Å². The number of anilines is 1. The van der Waals surface area contributed by atoms with Crippen molar-refractivity contribution >= 4 is 23.8 Å². The SMILES string of the molecule is CCOC(=O)c1ccc(-c2ccc(/C=N/NC(=O)c3ccc(CN4CCN(c5ccccc5)CC4)cc3)o2)cc1. The van der Waals surface area contributed by atoms with Crippen molar-refractivity contribution in [1.82, 2.24) is 10.3 Å². The number of carbonyl (C=O) groups is 2. The maximum absolute atomic E-state index is 12.6. The average Bonchev–Trinajstić information content (AvgIpc) is 3.47. The Hall–Kier alpha value is -4.69. The first-order valence-electron chi connectivity index (χ1n) is 13.4. The summed E-state index contributed by atoms with van der Waals surface area (Å²) < 4.78 is 10.8.